The summed E-state index contributed by atoms with van der Waals surface area (Å²) in [4.78, 5) is 21.7. The molecule has 0 fully saturated rings. The van der Waals surface area contributed by atoms with E-state index < -0.39 is 11.6 Å². The SMILES string of the molecule is C.CC.CC.CC.CCSCCNc1nonc1-c1noc(=O)n1-c1ccc(F)c(Br)c1.COC(C)=O. The minimum Gasteiger partial charge on any atom is -0.469 e. The number of carbonyl (C=O) groups is 1. The van der Waals surface area contributed by atoms with Crippen LogP contribution in [0.15, 0.2) is 36.6 Å². The van der Waals surface area contributed by atoms with Crippen LogP contribution in [0.2, 0.25) is 0 Å². The van der Waals surface area contributed by atoms with Crippen LogP contribution in [-0.2, 0) is 9.53 Å². The zero-order chi connectivity index (χ0) is 28.1. The summed E-state index contributed by atoms with van der Waals surface area (Å²) >= 11 is 4.86. The monoisotopic (exact) mass is 609 g/mol. The van der Waals surface area contributed by atoms with Crippen molar-refractivity contribution >= 4 is 39.5 Å². The fourth-order valence-corrected chi connectivity index (χ4v) is 2.99. The first-order valence-electron chi connectivity index (χ1n) is 11.6. The maximum atomic E-state index is 13.5. The molecule has 1 N–H and O–H groups in total. The van der Waals surface area contributed by atoms with Gasteiger partial charge in [-0.1, -0.05) is 61.0 Å². The van der Waals surface area contributed by atoms with Gasteiger partial charge in [0.1, 0.15) is 5.82 Å². The van der Waals surface area contributed by atoms with Gasteiger partial charge in [-0.25, -0.2) is 18.4 Å². The van der Waals surface area contributed by atoms with Crippen LogP contribution in [0, 0.1) is 5.82 Å². The fraction of sp³-hybridized carbons (Fsp3) is 0.542. The molecule has 13 heteroatoms. The molecule has 0 atom stereocenters. The number of hydrogen-bond donors (Lipinski definition) is 1. The number of esters is 1. The van der Waals surface area contributed by atoms with Crippen molar-refractivity contribution in [1.29, 1.82) is 0 Å². The predicted octanol–water partition coefficient (Wildman–Crippen LogP) is 6.84. The van der Waals surface area contributed by atoms with Crippen molar-refractivity contribution in [1.82, 2.24) is 20.0 Å². The fourth-order valence-electron chi connectivity index (χ4n) is 2.09. The van der Waals surface area contributed by atoms with E-state index in [1.165, 1.54) is 32.2 Å². The van der Waals surface area contributed by atoms with Gasteiger partial charge in [-0.3, -0.25) is 9.32 Å². The normalized spacial score (nSPS) is 8.84. The Morgan fingerprint density at radius 3 is 2.27 bits per heavy atom. The van der Waals surface area contributed by atoms with Crippen LogP contribution in [0.1, 0.15) is 62.8 Å². The highest BCUT2D eigenvalue weighted by Crippen LogP contribution is 2.26. The molecule has 0 saturated carbocycles. The average molecular weight is 611 g/mol. The highest BCUT2D eigenvalue weighted by atomic mass is 79.9. The number of rotatable bonds is 7. The largest absolute Gasteiger partial charge is 0.469 e. The Hall–Kier alpha value is -2.67. The summed E-state index contributed by atoms with van der Waals surface area (Å²) < 4.78 is 28.5. The highest BCUT2D eigenvalue weighted by molar-refractivity contribution is 9.10. The van der Waals surface area contributed by atoms with E-state index in [1.807, 2.05) is 41.5 Å². The van der Waals surface area contributed by atoms with Crippen LogP contribution in [0.4, 0.5) is 10.2 Å². The maximum absolute atomic E-state index is 13.5. The van der Waals surface area contributed by atoms with Gasteiger partial charge in [0, 0.05) is 19.2 Å². The third-order valence-corrected chi connectivity index (χ3v) is 5.01. The molecule has 1 aromatic carbocycles. The third kappa shape index (κ3) is 13.4. The van der Waals surface area contributed by atoms with Crippen LogP contribution in [-0.4, -0.2) is 51.2 Å². The van der Waals surface area contributed by atoms with E-state index in [0.29, 0.717) is 18.1 Å². The Labute approximate surface area is 231 Å². The van der Waals surface area contributed by atoms with Gasteiger partial charge >= 0.3 is 11.7 Å². The van der Waals surface area contributed by atoms with Crippen LogP contribution >= 0.6 is 27.7 Å². The molecule has 10 nitrogen and oxygen atoms in total. The number of carbonyl (C=O) groups excluding carboxylic acids is 1. The molecule has 0 aliphatic carbocycles. The van der Waals surface area contributed by atoms with Crippen molar-refractivity contribution in [3.63, 3.8) is 0 Å². The molecule has 0 radical (unpaired) electrons. The molecule has 0 bridgehead atoms. The Bertz CT molecular complexity index is 1040. The Balaban J connectivity index is -0.000000837. The molecule has 2 heterocycles. The first kappa shape index (κ1) is 38.9. The van der Waals surface area contributed by atoms with Crippen LogP contribution < -0.4 is 11.1 Å². The molecule has 212 valence electrons. The lowest BCUT2D eigenvalue weighted by Crippen LogP contribution is -2.14. The van der Waals surface area contributed by atoms with E-state index in [0.717, 1.165) is 16.1 Å². The number of aromatic nitrogens is 4. The van der Waals surface area contributed by atoms with Gasteiger partial charge in [-0.05, 0) is 50.2 Å². The lowest BCUT2D eigenvalue weighted by molar-refractivity contribution is -0.137. The number of halogens is 2. The molecule has 0 spiro atoms. The Kier molecular flexibility index (Phi) is 24.9. The number of thioether (sulfide) groups is 1. The van der Waals surface area contributed by atoms with E-state index in [9.17, 15) is 14.0 Å². The van der Waals surface area contributed by atoms with Gasteiger partial charge in [-0.2, -0.15) is 11.8 Å². The van der Waals surface area contributed by atoms with Crippen LogP contribution in [0.5, 0.6) is 0 Å². The first-order chi connectivity index (χ1) is 17.4. The lowest BCUT2D eigenvalue weighted by Gasteiger charge is -2.05. The third-order valence-electron chi connectivity index (χ3n) is 3.50. The number of nitrogens with one attached hydrogen (secondary N) is 1. The number of benzene rings is 1. The number of methoxy groups -OCH3 is 1. The van der Waals surface area contributed by atoms with Gasteiger partial charge in [-0.15, -0.1) is 0 Å². The molecular formula is C24H41BrFN5O5S. The average Bonchev–Trinajstić information content (AvgIpc) is 3.53. The van der Waals surface area contributed by atoms with Crippen molar-refractivity contribution in [3.05, 3.63) is 39.0 Å². The van der Waals surface area contributed by atoms with E-state index in [2.05, 4.69) is 48.4 Å². The quantitative estimate of drug-likeness (QED) is 0.225. The first-order valence-corrected chi connectivity index (χ1v) is 13.6. The summed E-state index contributed by atoms with van der Waals surface area (Å²) in [7, 11) is 1.35. The van der Waals surface area contributed by atoms with Crippen molar-refractivity contribution in [3.8, 4) is 17.2 Å². The van der Waals surface area contributed by atoms with Crippen molar-refractivity contribution < 1.29 is 23.1 Å². The molecule has 37 heavy (non-hydrogen) atoms. The van der Waals surface area contributed by atoms with Gasteiger partial charge in [0.15, 0.2) is 5.69 Å². The zero-order valence-corrected chi connectivity index (χ0v) is 24.8. The summed E-state index contributed by atoms with van der Waals surface area (Å²) in [6.45, 7) is 16.1. The number of anilines is 1. The van der Waals surface area contributed by atoms with Gasteiger partial charge < -0.3 is 10.1 Å². The van der Waals surface area contributed by atoms with Crippen LogP contribution in [0.25, 0.3) is 17.2 Å². The summed E-state index contributed by atoms with van der Waals surface area (Å²) in [6, 6.07) is 4.10. The second-order valence-corrected chi connectivity index (χ2v) is 7.73. The molecule has 0 saturated heterocycles. The lowest BCUT2D eigenvalue weighted by atomic mass is 10.3. The maximum Gasteiger partial charge on any atom is 0.446 e. The number of hydrogen-bond acceptors (Lipinski definition) is 10. The van der Waals surface area contributed by atoms with E-state index in [1.54, 1.807) is 11.8 Å². The van der Waals surface area contributed by atoms with Crippen molar-refractivity contribution in [2.24, 2.45) is 0 Å². The summed E-state index contributed by atoms with van der Waals surface area (Å²) in [6.07, 6.45) is 0. The second-order valence-electron chi connectivity index (χ2n) is 5.49. The minimum absolute atomic E-state index is 0. The van der Waals surface area contributed by atoms with Gasteiger partial charge in [0.05, 0.1) is 17.3 Å². The van der Waals surface area contributed by atoms with E-state index in [-0.39, 0.29) is 29.4 Å². The summed E-state index contributed by atoms with van der Waals surface area (Å²) in [5.74, 6) is 0.908. The Morgan fingerprint density at radius 1 is 1.16 bits per heavy atom. The summed E-state index contributed by atoms with van der Waals surface area (Å²) in [5, 5.41) is 14.4. The van der Waals surface area contributed by atoms with Gasteiger partial charge in [0.2, 0.25) is 11.6 Å². The molecule has 0 amide bonds. The predicted molar refractivity (Wildman–Crippen MR) is 153 cm³/mol. The smallest absolute Gasteiger partial charge is 0.446 e. The molecule has 0 aliphatic rings. The standard InChI is InChI=1S/C14H13BrFN5O3S.C3H6O2.3C2H6.CH4/c1-2-25-6-5-17-12-11(18-24-19-12)13-20-23-14(22)21(13)8-3-4-10(16)9(15)7-8;1-3(4)5-2;3*1-2;/h3-4,7H,2,5-6H2,1H3,(H,17,19);1-2H3;3*1-2H3;1H4. The molecule has 3 aromatic rings. The summed E-state index contributed by atoms with van der Waals surface area (Å²) in [5.41, 5.74) is 0.595. The van der Waals surface area contributed by atoms with Crippen LogP contribution in [0.3, 0.4) is 0 Å². The second kappa shape index (κ2) is 23.7. The topological polar surface area (TPSA) is 125 Å². The molecular weight excluding hydrogens is 569 g/mol. The van der Waals surface area contributed by atoms with Crippen molar-refractivity contribution in [2.45, 2.75) is 62.8 Å². The molecule has 3 rings (SSSR count). The molecule has 2 aromatic heterocycles. The molecule has 0 unspecified atom stereocenters. The van der Waals surface area contributed by atoms with Gasteiger partial charge in [0.25, 0.3) is 0 Å². The Morgan fingerprint density at radius 2 is 1.76 bits per heavy atom. The zero-order valence-electron chi connectivity index (χ0n) is 22.3. The van der Waals surface area contributed by atoms with E-state index in [4.69, 9.17) is 9.15 Å². The molecule has 0 aliphatic heterocycles. The number of nitrogens with zero attached hydrogens (tertiary/aromatic N) is 4. The minimum atomic E-state index is -0.732. The van der Waals surface area contributed by atoms with E-state index >= 15 is 0 Å². The van der Waals surface area contributed by atoms with Crippen molar-refractivity contribution in [2.75, 3.05) is 30.5 Å². The highest BCUT2D eigenvalue weighted by Gasteiger charge is 2.22. The number of ether oxygens (including phenoxy) is 1.